The van der Waals surface area contributed by atoms with Gasteiger partial charge in [0.2, 0.25) is 16.9 Å². The van der Waals surface area contributed by atoms with Crippen molar-refractivity contribution in [1.29, 1.82) is 0 Å². The lowest BCUT2D eigenvalue weighted by molar-refractivity contribution is 0.508. The van der Waals surface area contributed by atoms with E-state index in [1.165, 1.54) is 16.6 Å². The van der Waals surface area contributed by atoms with Crippen molar-refractivity contribution < 1.29 is 4.42 Å². The molecule has 3 heterocycles. The predicted molar refractivity (Wildman–Crippen MR) is 95.2 cm³/mol. The minimum absolute atomic E-state index is 0.0574. The first kappa shape index (κ1) is 16.0. The Morgan fingerprint density at radius 1 is 1.12 bits per heavy atom. The SMILES string of the molecule is C[C@@H](Sc1nnnn1Cc1cccs1)c1nnc(-c2ccccc2)o1. The number of benzene rings is 1. The topological polar surface area (TPSA) is 82.5 Å². The molecule has 0 aliphatic carbocycles. The number of rotatable bonds is 6. The van der Waals surface area contributed by atoms with E-state index in [-0.39, 0.29) is 5.25 Å². The van der Waals surface area contributed by atoms with E-state index < -0.39 is 0 Å². The van der Waals surface area contributed by atoms with Crippen molar-refractivity contribution in [2.45, 2.75) is 23.9 Å². The Hall–Kier alpha value is -2.52. The van der Waals surface area contributed by atoms with Crippen LogP contribution in [0.15, 0.2) is 57.4 Å². The molecule has 0 spiro atoms. The maximum atomic E-state index is 5.81. The van der Waals surface area contributed by atoms with Crippen molar-refractivity contribution in [2.75, 3.05) is 0 Å². The summed E-state index contributed by atoms with van der Waals surface area (Å²) in [7, 11) is 0. The van der Waals surface area contributed by atoms with Crippen LogP contribution in [0.5, 0.6) is 0 Å². The van der Waals surface area contributed by atoms with E-state index in [2.05, 4.69) is 31.8 Å². The van der Waals surface area contributed by atoms with Crippen molar-refractivity contribution >= 4 is 23.1 Å². The summed E-state index contributed by atoms with van der Waals surface area (Å²) in [5.74, 6) is 1.07. The first-order valence-electron chi connectivity index (χ1n) is 7.63. The van der Waals surface area contributed by atoms with Crippen LogP contribution in [0, 0.1) is 0 Å². The van der Waals surface area contributed by atoms with Gasteiger partial charge in [0.25, 0.3) is 0 Å². The number of nitrogens with zero attached hydrogens (tertiary/aromatic N) is 6. The molecule has 0 aliphatic rings. The van der Waals surface area contributed by atoms with E-state index in [1.807, 2.05) is 48.7 Å². The van der Waals surface area contributed by atoms with Crippen LogP contribution in [0.25, 0.3) is 11.5 Å². The summed E-state index contributed by atoms with van der Waals surface area (Å²) < 4.78 is 7.59. The van der Waals surface area contributed by atoms with Crippen LogP contribution in [0.2, 0.25) is 0 Å². The van der Waals surface area contributed by atoms with Crippen LogP contribution in [-0.2, 0) is 6.54 Å². The molecule has 126 valence electrons. The molecule has 1 aromatic carbocycles. The van der Waals surface area contributed by atoms with Crippen molar-refractivity contribution in [3.05, 3.63) is 58.6 Å². The third kappa shape index (κ3) is 3.62. The number of thiophene rings is 1. The van der Waals surface area contributed by atoms with Gasteiger partial charge >= 0.3 is 0 Å². The number of hydrogen-bond donors (Lipinski definition) is 0. The maximum absolute atomic E-state index is 5.81. The Bertz CT molecular complexity index is 935. The highest BCUT2D eigenvalue weighted by Crippen LogP contribution is 2.33. The number of tetrazole rings is 1. The Kier molecular flexibility index (Phi) is 4.57. The first-order chi connectivity index (χ1) is 12.3. The lowest BCUT2D eigenvalue weighted by atomic mass is 10.2. The Balaban J connectivity index is 1.49. The zero-order valence-electron chi connectivity index (χ0n) is 13.3. The number of aromatic nitrogens is 6. The first-order valence-corrected chi connectivity index (χ1v) is 9.39. The molecule has 0 unspecified atom stereocenters. The molecular weight excluding hydrogens is 356 g/mol. The molecule has 0 amide bonds. The summed E-state index contributed by atoms with van der Waals surface area (Å²) in [6.07, 6.45) is 0. The van der Waals surface area contributed by atoms with Crippen molar-refractivity contribution in [1.82, 2.24) is 30.4 Å². The van der Waals surface area contributed by atoms with Gasteiger partial charge in [-0.25, -0.2) is 4.68 Å². The third-order valence-corrected chi connectivity index (χ3v) is 5.40. The van der Waals surface area contributed by atoms with Crippen LogP contribution in [0.4, 0.5) is 0 Å². The monoisotopic (exact) mass is 370 g/mol. The highest BCUT2D eigenvalue weighted by Gasteiger charge is 2.19. The smallest absolute Gasteiger partial charge is 0.247 e. The summed E-state index contributed by atoms with van der Waals surface area (Å²) in [6.45, 7) is 2.65. The number of thioether (sulfide) groups is 1. The lowest BCUT2D eigenvalue weighted by Crippen LogP contribution is -2.03. The maximum Gasteiger partial charge on any atom is 0.247 e. The van der Waals surface area contributed by atoms with Gasteiger partial charge in [-0.15, -0.1) is 26.6 Å². The molecule has 0 saturated heterocycles. The second-order valence-electron chi connectivity index (χ2n) is 5.27. The van der Waals surface area contributed by atoms with Gasteiger partial charge in [0.1, 0.15) is 0 Å². The molecule has 0 saturated carbocycles. The van der Waals surface area contributed by atoms with Crippen LogP contribution >= 0.6 is 23.1 Å². The second kappa shape index (κ2) is 7.16. The van der Waals surface area contributed by atoms with Gasteiger partial charge in [-0.2, -0.15) is 0 Å². The molecule has 25 heavy (non-hydrogen) atoms. The summed E-state index contributed by atoms with van der Waals surface area (Å²) in [6, 6.07) is 13.8. The number of hydrogen-bond acceptors (Lipinski definition) is 8. The molecule has 4 aromatic rings. The van der Waals surface area contributed by atoms with Crippen LogP contribution in [-0.4, -0.2) is 30.4 Å². The van der Waals surface area contributed by atoms with E-state index in [0.29, 0.717) is 18.3 Å². The molecule has 4 rings (SSSR count). The van der Waals surface area contributed by atoms with Gasteiger partial charge in [0, 0.05) is 10.4 Å². The molecule has 0 aliphatic heterocycles. The summed E-state index contributed by atoms with van der Waals surface area (Å²) in [4.78, 5) is 1.20. The average molecular weight is 370 g/mol. The molecule has 0 bridgehead atoms. The van der Waals surface area contributed by atoms with Crippen LogP contribution in [0.3, 0.4) is 0 Å². The molecule has 3 aromatic heterocycles. The van der Waals surface area contributed by atoms with Crippen molar-refractivity contribution in [3.63, 3.8) is 0 Å². The zero-order chi connectivity index (χ0) is 17.1. The highest BCUT2D eigenvalue weighted by molar-refractivity contribution is 7.99. The predicted octanol–water partition coefficient (Wildman–Crippen LogP) is 3.69. The molecule has 0 fully saturated rings. The standard InChI is InChI=1S/C16H14N6OS2/c1-11(14-17-18-15(23-14)12-6-3-2-4-7-12)25-16-19-20-21-22(16)10-13-8-5-9-24-13/h2-9,11H,10H2,1H3/t11-/m1/s1. The molecule has 1 atom stereocenters. The molecule has 7 nitrogen and oxygen atoms in total. The average Bonchev–Trinajstić information content (AvgIpc) is 3.38. The van der Waals surface area contributed by atoms with Gasteiger partial charge in [0.05, 0.1) is 11.8 Å². The van der Waals surface area contributed by atoms with E-state index in [4.69, 9.17) is 4.42 Å². The van der Waals surface area contributed by atoms with E-state index >= 15 is 0 Å². The lowest BCUT2D eigenvalue weighted by Gasteiger charge is -2.06. The normalized spacial score (nSPS) is 12.4. The van der Waals surface area contributed by atoms with E-state index in [1.54, 1.807) is 16.0 Å². The fourth-order valence-electron chi connectivity index (χ4n) is 2.24. The van der Waals surface area contributed by atoms with Gasteiger partial charge < -0.3 is 4.42 Å². The van der Waals surface area contributed by atoms with Gasteiger partial charge in [-0.05, 0) is 40.9 Å². The van der Waals surface area contributed by atoms with Gasteiger partial charge in [-0.3, -0.25) is 0 Å². The summed E-state index contributed by atoms with van der Waals surface area (Å²) in [5, 5.41) is 23.0. The Labute approximate surface area is 152 Å². The van der Waals surface area contributed by atoms with Crippen molar-refractivity contribution in [2.24, 2.45) is 0 Å². The fraction of sp³-hybridized carbons (Fsp3) is 0.188. The summed E-state index contributed by atoms with van der Waals surface area (Å²) >= 11 is 3.18. The fourth-order valence-corrected chi connectivity index (χ4v) is 3.74. The molecular formula is C16H14N6OS2. The third-order valence-electron chi connectivity index (χ3n) is 3.48. The highest BCUT2D eigenvalue weighted by atomic mass is 32.2. The van der Waals surface area contributed by atoms with Gasteiger partial charge in [0.15, 0.2) is 0 Å². The molecule has 0 N–H and O–H groups in total. The van der Waals surface area contributed by atoms with E-state index in [9.17, 15) is 0 Å². The Morgan fingerprint density at radius 2 is 2.00 bits per heavy atom. The van der Waals surface area contributed by atoms with Gasteiger partial charge in [-0.1, -0.05) is 36.0 Å². The quantitative estimate of drug-likeness (QED) is 0.479. The van der Waals surface area contributed by atoms with Crippen LogP contribution in [0.1, 0.15) is 22.9 Å². The Morgan fingerprint density at radius 3 is 2.80 bits per heavy atom. The minimum Gasteiger partial charge on any atom is -0.419 e. The van der Waals surface area contributed by atoms with Crippen LogP contribution < -0.4 is 0 Å². The minimum atomic E-state index is -0.0574. The van der Waals surface area contributed by atoms with Crippen molar-refractivity contribution in [3.8, 4) is 11.5 Å². The molecule has 0 radical (unpaired) electrons. The van der Waals surface area contributed by atoms with E-state index in [0.717, 1.165) is 10.7 Å². The summed E-state index contributed by atoms with van der Waals surface area (Å²) in [5.41, 5.74) is 0.904. The molecule has 9 heteroatoms. The largest absolute Gasteiger partial charge is 0.419 e. The second-order valence-corrected chi connectivity index (χ2v) is 7.61. The zero-order valence-corrected chi connectivity index (χ0v) is 14.9.